The number of aromatic amines is 1. The maximum Gasteiger partial charge on any atom is 0.123 e. The first-order valence-electron chi connectivity index (χ1n) is 13.5. The van der Waals surface area contributed by atoms with Crippen molar-refractivity contribution in [3.63, 3.8) is 0 Å². The largest absolute Gasteiger partial charge is 0.370 e. The van der Waals surface area contributed by atoms with Crippen LogP contribution < -0.4 is 10.2 Å². The van der Waals surface area contributed by atoms with E-state index in [9.17, 15) is 9.18 Å². The summed E-state index contributed by atoms with van der Waals surface area (Å²) >= 11 is 0. The van der Waals surface area contributed by atoms with Gasteiger partial charge in [0.1, 0.15) is 12.0 Å². The number of nitrogens with zero attached hydrogens (tertiary/aromatic N) is 3. The lowest BCUT2D eigenvalue weighted by atomic mass is 9.58. The van der Waals surface area contributed by atoms with E-state index in [1.54, 1.807) is 0 Å². The minimum atomic E-state index is -0.991. The molecule has 0 bridgehead atoms. The molecule has 190 valence electrons. The van der Waals surface area contributed by atoms with Gasteiger partial charge in [0.25, 0.3) is 0 Å². The molecule has 2 saturated carbocycles. The van der Waals surface area contributed by atoms with E-state index < -0.39 is 5.67 Å². The summed E-state index contributed by atoms with van der Waals surface area (Å²) in [6.45, 7) is 4.65. The molecule has 0 amide bonds. The van der Waals surface area contributed by atoms with Crippen molar-refractivity contribution in [3.05, 3.63) is 53.5 Å². The van der Waals surface area contributed by atoms with Crippen molar-refractivity contribution >= 4 is 22.9 Å². The van der Waals surface area contributed by atoms with Crippen molar-refractivity contribution in [3.8, 4) is 0 Å². The number of pyridine rings is 1. The molecule has 7 heteroatoms. The molecule has 6 rings (SSSR count). The predicted molar refractivity (Wildman–Crippen MR) is 140 cm³/mol. The molecule has 2 aromatic heterocycles. The Kier molecular flexibility index (Phi) is 6.06. The van der Waals surface area contributed by atoms with E-state index in [1.807, 2.05) is 12.4 Å². The lowest BCUT2D eigenvalue weighted by Crippen LogP contribution is -2.47. The van der Waals surface area contributed by atoms with Crippen molar-refractivity contribution in [1.29, 1.82) is 0 Å². The fourth-order valence-corrected chi connectivity index (χ4v) is 6.28. The normalized spacial score (nSPS) is 21.4. The second kappa shape index (κ2) is 9.25. The highest BCUT2D eigenvalue weighted by Gasteiger charge is 2.45. The summed E-state index contributed by atoms with van der Waals surface area (Å²) in [5, 5.41) is 11.9. The monoisotopic (exact) mass is 489 g/mol. The summed E-state index contributed by atoms with van der Waals surface area (Å²) in [5.41, 5.74) is 5.18. The van der Waals surface area contributed by atoms with Gasteiger partial charge in [-0.05, 0) is 86.6 Å². The molecule has 1 saturated heterocycles. The van der Waals surface area contributed by atoms with Gasteiger partial charge in [-0.3, -0.25) is 10.1 Å². The third kappa shape index (κ3) is 4.77. The Morgan fingerprint density at radius 3 is 2.67 bits per heavy atom. The quantitative estimate of drug-likeness (QED) is 0.424. The number of aromatic nitrogens is 3. The van der Waals surface area contributed by atoms with E-state index in [0.717, 1.165) is 61.7 Å². The van der Waals surface area contributed by atoms with E-state index in [0.29, 0.717) is 30.7 Å². The van der Waals surface area contributed by atoms with Crippen LogP contribution in [0.2, 0.25) is 0 Å². The number of aldehydes is 1. The van der Waals surface area contributed by atoms with Crippen molar-refractivity contribution < 1.29 is 9.18 Å². The maximum atomic E-state index is 14.1. The second-order valence-electron chi connectivity index (χ2n) is 11.6. The zero-order valence-electron chi connectivity index (χ0n) is 21.1. The van der Waals surface area contributed by atoms with Crippen molar-refractivity contribution in [2.45, 2.75) is 70.0 Å². The van der Waals surface area contributed by atoms with E-state index >= 15 is 0 Å². The third-order valence-electron chi connectivity index (χ3n) is 8.86. The van der Waals surface area contributed by atoms with Crippen LogP contribution in [0.25, 0.3) is 10.9 Å². The molecule has 1 atom stereocenters. The minimum absolute atomic E-state index is 0.174. The number of anilines is 1. The van der Waals surface area contributed by atoms with Crippen LogP contribution in [0.4, 0.5) is 10.1 Å². The van der Waals surface area contributed by atoms with Crippen LogP contribution in [0, 0.1) is 11.3 Å². The second-order valence-corrected chi connectivity index (χ2v) is 11.6. The van der Waals surface area contributed by atoms with Crippen LogP contribution in [-0.2, 0) is 17.6 Å². The molecule has 2 aliphatic carbocycles. The molecule has 3 fully saturated rings. The zero-order valence-corrected chi connectivity index (χ0v) is 21.1. The molecule has 1 aliphatic heterocycles. The third-order valence-corrected chi connectivity index (χ3v) is 8.86. The molecule has 1 aromatic carbocycles. The Labute approximate surface area is 212 Å². The smallest absolute Gasteiger partial charge is 0.123 e. The summed E-state index contributed by atoms with van der Waals surface area (Å²) in [6.07, 6.45) is 12.5. The van der Waals surface area contributed by atoms with Crippen LogP contribution in [0.1, 0.15) is 62.3 Å². The van der Waals surface area contributed by atoms with Crippen LogP contribution >= 0.6 is 0 Å². The lowest BCUT2D eigenvalue weighted by Gasteiger charge is -2.51. The van der Waals surface area contributed by atoms with Gasteiger partial charge in [0.05, 0.1) is 23.6 Å². The molecule has 2 N–H and O–H groups in total. The summed E-state index contributed by atoms with van der Waals surface area (Å²) in [6, 6.07) is 8.79. The Balaban J connectivity index is 1.12. The number of H-pyrrole nitrogens is 1. The molecule has 0 radical (unpaired) electrons. The summed E-state index contributed by atoms with van der Waals surface area (Å²) in [5.74, 6) is 0.293. The first-order chi connectivity index (χ1) is 17.4. The predicted octanol–water partition coefficient (Wildman–Crippen LogP) is 4.77. The summed E-state index contributed by atoms with van der Waals surface area (Å²) < 4.78 is 14.1. The molecular formula is C29H36FN5O. The van der Waals surface area contributed by atoms with Crippen LogP contribution in [-0.4, -0.2) is 52.8 Å². The lowest BCUT2D eigenvalue weighted by molar-refractivity contribution is -0.118. The van der Waals surface area contributed by atoms with Crippen LogP contribution in [0.3, 0.4) is 0 Å². The number of benzene rings is 1. The van der Waals surface area contributed by atoms with Gasteiger partial charge in [-0.2, -0.15) is 5.10 Å². The molecule has 0 unspecified atom stereocenters. The number of hydrogen-bond donors (Lipinski definition) is 2. The number of carbonyl (C=O) groups excluding carboxylic acids is 1. The topological polar surface area (TPSA) is 73.9 Å². The Bertz CT molecular complexity index is 1220. The summed E-state index contributed by atoms with van der Waals surface area (Å²) in [4.78, 5) is 18.3. The molecular weight excluding hydrogens is 453 g/mol. The fraction of sp³-hybridized carbons (Fsp3) is 0.552. The highest BCUT2D eigenvalue weighted by atomic mass is 19.1. The standard InChI is InChI=1S/C29H36FN5O/c1-20(32-19-29(30)6-7-29)12-25-22(2-5-27-26(25)17-33-34-27)13-23-3-4-24(16-31-23)35-10-8-28(9-11-35)14-21(15-28)18-36/h2-5,16-18,20-21,32H,6-15,19H2,1H3,(H,33,34)/t20-/m1/s1. The van der Waals surface area contributed by atoms with Gasteiger partial charge in [-0.15, -0.1) is 0 Å². The number of alkyl halides is 1. The fourth-order valence-electron chi connectivity index (χ4n) is 6.28. The number of halogens is 1. The van der Waals surface area contributed by atoms with Crippen molar-refractivity contribution in [2.24, 2.45) is 11.3 Å². The molecule has 1 spiro atoms. The van der Waals surface area contributed by atoms with Gasteiger partial charge < -0.3 is 15.0 Å². The average Bonchev–Trinajstić information content (AvgIpc) is 3.42. The van der Waals surface area contributed by atoms with Gasteiger partial charge in [0, 0.05) is 49.1 Å². The zero-order chi connectivity index (χ0) is 24.8. The summed E-state index contributed by atoms with van der Waals surface area (Å²) in [7, 11) is 0. The molecule has 3 aliphatic rings. The van der Waals surface area contributed by atoms with Gasteiger partial charge in [0.2, 0.25) is 0 Å². The van der Waals surface area contributed by atoms with Crippen molar-refractivity contribution in [2.75, 3.05) is 24.5 Å². The number of rotatable bonds is 9. The maximum absolute atomic E-state index is 14.1. The Morgan fingerprint density at radius 2 is 1.97 bits per heavy atom. The number of nitrogens with one attached hydrogen (secondary N) is 2. The van der Waals surface area contributed by atoms with Gasteiger partial charge >= 0.3 is 0 Å². The van der Waals surface area contributed by atoms with Gasteiger partial charge in [0.15, 0.2) is 0 Å². The van der Waals surface area contributed by atoms with E-state index in [1.165, 1.54) is 29.7 Å². The highest BCUT2D eigenvalue weighted by molar-refractivity contribution is 5.83. The van der Waals surface area contributed by atoms with E-state index in [-0.39, 0.29) is 6.04 Å². The SMILES string of the molecule is C[C@H](Cc1c(Cc2ccc(N3CCC4(CC3)CC(C=O)C4)cn2)ccc2[nH]ncc12)NCC1(F)CC1. The van der Waals surface area contributed by atoms with E-state index in [2.05, 4.69) is 51.6 Å². The molecule has 3 aromatic rings. The number of fused-ring (bicyclic) bond motifs is 1. The number of piperidine rings is 1. The van der Waals surface area contributed by atoms with E-state index in [4.69, 9.17) is 4.98 Å². The number of hydrogen-bond acceptors (Lipinski definition) is 5. The van der Waals surface area contributed by atoms with Crippen molar-refractivity contribution in [1.82, 2.24) is 20.5 Å². The van der Waals surface area contributed by atoms with Gasteiger partial charge in [-0.25, -0.2) is 4.39 Å². The van der Waals surface area contributed by atoms with Crippen LogP contribution in [0.15, 0.2) is 36.7 Å². The van der Waals surface area contributed by atoms with Gasteiger partial charge in [-0.1, -0.05) is 6.07 Å². The Morgan fingerprint density at radius 1 is 1.17 bits per heavy atom. The molecule has 36 heavy (non-hydrogen) atoms. The highest BCUT2D eigenvalue weighted by Crippen LogP contribution is 2.52. The Hall–Kier alpha value is -2.80. The first-order valence-corrected chi connectivity index (χ1v) is 13.5. The molecule has 3 heterocycles. The van der Waals surface area contributed by atoms with Crippen LogP contribution in [0.5, 0.6) is 0 Å². The minimum Gasteiger partial charge on any atom is -0.370 e. The molecule has 6 nitrogen and oxygen atoms in total. The first kappa shape index (κ1) is 23.6. The average molecular weight is 490 g/mol. The number of carbonyl (C=O) groups is 1.